The second-order valence-electron chi connectivity index (χ2n) is 2.42. The highest BCUT2D eigenvalue weighted by Gasteiger charge is 2.20. The highest BCUT2D eigenvalue weighted by atomic mass is 16.7. The summed E-state index contributed by atoms with van der Waals surface area (Å²) in [7, 11) is 2.73. The smallest absolute Gasteiger partial charge is 0.214 e. The zero-order valence-electron chi connectivity index (χ0n) is 7.93. The van der Waals surface area contributed by atoms with Crippen LogP contribution < -0.4 is 0 Å². The Kier molecular flexibility index (Phi) is 6.30. The molecule has 0 aliphatic carbocycles. The Balaban J connectivity index is 4.01. The van der Waals surface area contributed by atoms with Crippen LogP contribution in [0.2, 0.25) is 0 Å². The molecule has 0 aromatic carbocycles. The summed E-state index contributed by atoms with van der Waals surface area (Å²) in [5.41, 5.74) is 0. The Bertz CT molecular complexity index is 159. The largest absolute Gasteiger partial charge is 0.371 e. The fraction of sp³-hybridized carbons (Fsp3) is 0.750. The van der Waals surface area contributed by atoms with E-state index in [0.29, 0.717) is 12.6 Å². The molecule has 0 amide bonds. The third-order valence-electron chi connectivity index (χ3n) is 1.56. The molecule has 5 heteroatoms. The lowest BCUT2D eigenvalue weighted by atomic mass is 10.2. The number of methoxy groups -OCH3 is 2. The summed E-state index contributed by atoms with van der Waals surface area (Å²) in [4.78, 5) is 20.7. The van der Waals surface area contributed by atoms with Crippen LogP contribution in [-0.2, 0) is 23.8 Å². The summed E-state index contributed by atoms with van der Waals surface area (Å²) in [5, 5.41) is 0. The second kappa shape index (κ2) is 6.71. The van der Waals surface area contributed by atoms with Gasteiger partial charge in [-0.05, 0) is 6.92 Å². The number of hydrogen-bond acceptors (Lipinski definition) is 5. The van der Waals surface area contributed by atoms with Crippen molar-refractivity contribution >= 4 is 12.6 Å². The number of aldehydes is 2. The molecule has 76 valence electrons. The van der Waals surface area contributed by atoms with Gasteiger partial charge >= 0.3 is 0 Å². The van der Waals surface area contributed by atoms with Crippen LogP contribution in [0.3, 0.4) is 0 Å². The quantitative estimate of drug-likeness (QED) is 0.410. The third-order valence-corrected chi connectivity index (χ3v) is 1.56. The fourth-order valence-corrected chi connectivity index (χ4v) is 0.790. The van der Waals surface area contributed by atoms with E-state index in [1.54, 1.807) is 6.92 Å². The Morgan fingerprint density at radius 2 is 1.69 bits per heavy atom. The second-order valence-corrected chi connectivity index (χ2v) is 2.42. The van der Waals surface area contributed by atoms with E-state index < -0.39 is 18.5 Å². The zero-order valence-corrected chi connectivity index (χ0v) is 7.93. The van der Waals surface area contributed by atoms with Crippen molar-refractivity contribution in [3.05, 3.63) is 0 Å². The van der Waals surface area contributed by atoms with Crippen LogP contribution in [0.15, 0.2) is 0 Å². The predicted octanol–water partition coefficient (Wildman–Crippen LogP) is -0.223. The van der Waals surface area contributed by atoms with Gasteiger partial charge in [-0.25, -0.2) is 0 Å². The lowest BCUT2D eigenvalue weighted by Gasteiger charge is -2.20. The number of carbonyl (C=O) groups is 2. The van der Waals surface area contributed by atoms with Crippen molar-refractivity contribution in [1.82, 2.24) is 0 Å². The van der Waals surface area contributed by atoms with Crippen molar-refractivity contribution in [1.29, 1.82) is 0 Å². The molecular formula is C8H14O5. The zero-order chi connectivity index (χ0) is 10.3. The normalized spacial score (nSPS) is 17.5. The van der Waals surface area contributed by atoms with E-state index in [0.717, 1.165) is 0 Å². The van der Waals surface area contributed by atoms with Crippen molar-refractivity contribution in [3.63, 3.8) is 0 Å². The maximum Gasteiger partial charge on any atom is 0.214 e. The molecule has 0 spiro atoms. The minimum atomic E-state index is -0.951. The first-order valence-corrected chi connectivity index (χ1v) is 3.81. The van der Waals surface area contributed by atoms with Crippen molar-refractivity contribution < 1.29 is 23.8 Å². The molecule has 5 nitrogen and oxygen atoms in total. The molecule has 0 heterocycles. The van der Waals surface area contributed by atoms with Crippen molar-refractivity contribution in [2.45, 2.75) is 25.4 Å². The third kappa shape index (κ3) is 4.12. The summed E-state index contributed by atoms with van der Waals surface area (Å²) in [6.45, 7) is 1.62. The molecule has 1 unspecified atom stereocenters. The van der Waals surface area contributed by atoms with Gasteiger partial charge in [-0.2, -0.15) is 0 Å². The summed E-state index contributed by atoms with van der Waals surface area (Å²) in [6, 6.07) is 0. The SMILES string of the molecule is CO[C@H](C=O)OC(C)[C@@H](C=O)OC. The topological polar surface area (TPSA) is 61.8 Å². The lowest BCUT2D eigenvalue weighted by molar-refractivity contribution is -0.177. The lowest BCUT2D eigenvalue weighted by Crippen LogP contribution is -2.34. The molecule has 0 aliphatic heterocycles. The number of hydrogen-bond donors (Lipinski definition) is 0. The molecule has 0 saturated carbocycles. The van der Waals surface area contributed by atoms with Crippen molar-refractivity contribution in [2.75, 3.05) is 14.2 Å². The Labute approximate surface area is 77.0 Å². The van der Waals surface area contributed by atoms with Crippen molar-refractivity contribution in [3.8, 4) is 0 Å². The highest BCUT2D eigenvalue weighted by molar-refractivity contribution is 5.57. The molecule has 0 N–H and O–H groups in total. The molecule has 3 atom stereocenters. The van der Waals surface area contributed by atoms with Gasteiger partial charge in [-0.1, -0.05) is 0 Å². The average Bonchev–Trinajstić information content (AvgIpc) is 2.16. The standard InChI is InChI=1S/C8H14O5/c1-6(7(4-9)11-2)13-8(5-10)12-3/h4-8H,1-3H3/t6?,7-,8+/m1/s1. The summed E-state index contributed by atoms with van der Waals surface area (Å²) < 4.78 is 14.5. The van der Waals surface area contributed by atoms with Gasteiger partial charge in [-0.15, -0.1) is 0 Å². The molecule has 13 heavy (non-hydrogen) atoms. The predicted molar refractivity (Wildman–Crippen MR) is 44.3 cm³/mol. The van der Waals surface area contributed by atoms with Crippen molar-refractivity contribution in [2.24, 2.45) is 0 Å². The maximum atomic E-state index is 10.4. The summed E-state index contributed by atoms with van der Waals surface area (Å²) in [6.07, 6.45) is -1.03. The summed E-state index contributed by atoms with van der Waals surface area (Å²) >= 11 is 0. The molecule has 0 radical (unpaired) electrons. The molecule has 0 aromatic heterocycles. The van der Waals surface area contributed by atoms with Crippen LogP contribution in [0.1, 0.15) is 6.92 Å². The van der Waals surface area contributed by atoms with Gasteiger partial charge < -0.3 is 19.0 Å². The first-order chi connectivity index (χ1) is 6.19. The number of carbonyl (C=O) groups excluding carboxylic acids is 2. The van der Waals surface area contributed by atoms with Crippen LogP contribution in [0.5, 0.6) is 0 Å². The van der Waals surface area contributed by atoms with Gasteiger partial charge in [-0.3, -0.25) is 4.79 Å². The van der Waals surface area contributed by atoms with E-state index in [-0.39, 0.29) is 0 Å². The van der Waals surface area contributed by atoms with Gasteiger partial charge in [0.05, 0.1) is 6.10 Å². The van der Waals surface area contributed by atoms with Crippen LogP contribution in [0.4, 0.5) is 0 Å². The van der Waals surface area contributed by atoms with Gasteiger partial charge in [0.1, 0.15) is 6.10 Å². The Morgan fingerprint density at radius 3 is 2.00 bits per heavy atom. The van der Waals surface area contributed by atoms with Crippen LogP contribution in [0, 0.1) is 0 Å². The first kappa shape index (κ1) is 12.2. The Morgan fingerprint density at radius 1 is 1.08 bits per heavy atom. The highest BCUT2D eigenvalue weighted by Crippen LogP contribution is 2.03. The number of ether oxygens (including phenoxy) is 3. The average molecular weight is 190 g/mol. The van der Waals surface area contributed by atoms with E-state index >= 15 is 0 Å². The monoisotopic (exact) mass is 190 g/mol. The fourth-order valence-electron chi connectivity index (χ4n) is 0.790. The van der Waals surface area contributed by atoms with E-state index in [9.17, 15) is 9.59 Å². The minimum absolute atomic E-state index is 0.508. The van der Waals surface area contributed by atoms with Crippen LogP contribution >= 0.6 is 0 Å². The molecule has 0 fully saturated rings. The Hall–Kier alpha value is -0.780. The molecule has 0 rings (SSSR count). The molecule has 0 saturated heterocycles. The maximum absolute atomic E-state index is 10.4. The van der Waals surface area contributed by atoms with E-state index in [1.165, 1.54) is 14.2 Å². The molecule has 0 aliphatic rings. The van der Waals surface area contributed by atoms with Crippen LogP contribution in [0.25, 0.3) is 0 Å². The molecular weight excluding hydrogens is 176 g/mol. The minimum Gasteiger partial charge on any atom is -0.371 e. The van der Waals surface area contributed by atoms with E-state index in [4.69, 9.17) is 9.47 Å². The number of rotatable bonds is 7. The molecule has 0 aromatic rings. The van der Waals surface area contributed by atoms with Crippen LogP contribution in [-0.4, -0.2) is 45.3 Å². The van der Waals surface area contributed by atoms with Gasteiger partial charge in [0.15, 0.2) is 12.6 Å². The van der Waals surface area contributed by atoms with Gasteiger partial charge in [0.25, 0.3) is 0 Å². The van der Waals surface area contributed by atoms with Gasteiger partial charge in [0, 0.05) is 14.2 Å². The van der Waals surface area contributed by atoms with E-state index in [1.807, 2.05) is 0 Å². The summed E-state index contributed by atoms with van der Waals surface area (Å²) in [5.74, 6) is 0. The molecule has 0 bridgehead atoms. The van der Waals surface area contributed by atoms with E-state index in [2.05, 4.69) is 4.74 Å². The van der Waals surface area contributed by atoms with Gasteiger partial charge in [0.2, 0.25) is 6.29 Å². The first-order valence-electron chi connectivity index (χ1n) is 3.81.